The minimum absolute atomic E-state index is 0.564. The minimum Gasteiger partial charge on any atom is -0.468 e. The van der Waals surface area contributed by atoms with Crippen molar-refractivity contribution in [3.8, 4) is 0 Å². The molecule has 0 unspecified atom stereocenters. The van der Waals surface area contributed by atoms with E-state index in [0.717, 1.165) is 7.11 Å². The number of methoxy groups -OCH3 is 1. The first-order valence-electron chi connectivity index (χ1n) is 2.61. The first-order chi connectivity index (χ1) is 4.39. The van der Waals surface area contributed by atoms with Gasteiger partial charge in [-0.25, -0.2) is 8.78 Å². The maximum Gasteiger partial charge on any atom is 0.328 e. The van der Waals surface area contributed by atoms with Crippen LogP contribution in [-0.2, 0) is 9.53 Å². The Morgan fingerprint density at radius 1 is 1.70 bits per heavy atom. The number of ether oxygens (including phenoxy) is 1. The predicted octanol–water partition coefficient (Wildman–Crippen LogP) is 0.142. The first-order valence-corrected chi connectivity index (χ1v) is 2.61. The second-order valence-corrected chi connectivity index (χ2v) is 1.96. The highest BCUT2D eigenvalue weighted by Gasteiger charge is 2.37. The summed E-state index contributed by atoms with van der Waals surface area (Å²) < 4.78 is 28.2. The van der Waals surface area contributed by atoms with E-state index >= 15 is 0 Å². The van der Waals surface area contributed by atoms with E-state index in [4.69, 9.17) is 5.73 Å². The van der Waals surface area contributed by atoms with Gasteiger partial charge in [0.2, 0.25) is 0 Å². The molecule has 0 heterocycles. The van der Waals surface area contributed by atoms with Crippen molar-refractivity contribution in [2.75, 3.05) is 7.11 Å². The molecule has 10 heavy (non-hydrogen) atoms. The fourth-order valence-electron chi connectivity index (χ4n) is 0.334. The van der Waals surface area contributed by atoms with E-state index in [1.54, 1.807) is 0 Å². The van der Waals surface area contributed by atoms with Gasteiger partial charge in [0.25, 0.3) is 5.92 Å². The van der Waals surface area contributed by atoms with Gasteiger partial charge in [0.15, 0.2) is 6.04 Å². The Morgan fingerprint density at radius 2 is 2.10 bits per heavy atom. The molecule has 0 aliphatic rings. The lowest BCUT2D eigenvalue weighted by atomic mass is 10.2. The average Bonchev–Trinajstić information content (AvgIpc) is 1.83. The second-order valence-electron chi connectivity index (χ2n) is 1.96. The van der Waals surface area contributed by atoms with Crippen molar-refractivity contribution in [2.24, 2.45) is 5.73 Å². The minimum atomic E-state index is -3.22. The molecular formula is C5H9F2NO2. The lowest BCUT2D eigenvalue weighted by Crippen LogP contribution is -2.45. The van der Waals surface area contributed by atoms with Crippen molar-refractivity contribution in [3.63, 3.8) is 0 Å². The molecule has 0 bridgehead atoms. The summed E-state index contributed by atoms with van der Waals surface area (Å²) in [6.07, 6.45) is 0. The highest BCUT2D eigenvalue weighted by Crippen LogP contribution is 2.15. The summed E-state index contributed by atoms with van der Waals surface area (Å²) in [6, 6.07) is -1.86. The van der Waals surface area contributed by atoms with E-state index in [1.165, 1.54) is 0 Å². The van der Waals surface area contributed by atoms with Gasteiger partial charge < -0.3 is 10.5 Å². The zero-order chi connectivity index (χ0) is 8.36. The summed E-state index contributed by atoms with van der Waals surface area (Å²) in [5.74, 6) is -4.32. The quantitative estimate of drug-likeness (QED) is 0.574. The van der Waals surface area contributed by atoms with Crippen LogP contribution in [0.3, 0.4) is 0 Å². The molecule has 0 fully saturated rings. The second kappa shape index (κ2) is 2.92. The Labute approximate surface area is 57.1 Å². The number of nitrogens with two attached hydrogens (primary N) is 1. The van der Waals surface area contributed by atoms with Crippen molar-refractivity contribution in [1.82, 2.24) is 0 Å². The maximum absolute atomic E-state index is 12.1. The molecule has 0 aliphatic carbocycles. The van der Waals surface area contributed by atoms with E-state index < -0.39 is 17.9 Å². The molecule has 3 nitrogen and oxygen atoms in total. The highest BCUT2D eigenvalue weighted by atomic mass is 19.3. The van der Waals surface area contributed by atoms with Gasteiger partial charge in [0.1, 0.15) is 0 Å². The van der Waals surface area contributed by atoms with Crippen LogP contribution in [0.5, 0.6) is 0 Å². The molecule has 0 aromatic heterocycles. The third kappa shape index (κ3) is 2.26. The van der Waals surface area contributed by atoms with E-state index in [-0.39, 0.29) is 0 Å². The average molecular weight is 153 g/mol. The van der Waals surface area contributed by atoms with Crippen molar-refractivity contribution in [3.05, 3.63) is 0 Å². The molecule has 60 valence electrons. The summed E-state index contributed by atoms with van der Waals surface area (Å²) in [6.45, 7) is 0.564. The zero-order valence-electron chi connectivity index (χ0n) is 5.73. The first kappa shape index (κ1) is 9.29. The summed E-state index contributed by atoms with van der Waals surface area (Å²) in [7, 11) is 1.01. The van der Waals surface area contributed by atoms with Gasteiger partial charge in [0, 0.05) is 6.92 Å². The predicted molar refractivity (Wildman–Crippen MR) is 30.6 cm³/mol. The molecule has 0 rings (SSSR count). The fraction of sp³-hybridized carbons (Fsp3) is 0.800. The molecule has 2 N–H and O–H groups in total. The van der Waals surface area contributed by atoms with Crippen molar-refractivity contribution >= 4 is 5.97 Å². The van der Waals surface area contributed by atoms with Gasteiger partial charge in [-0.1, -0.05) is 0 Å². The summed E-state index contributed by atoms with van der Waals surface area (Å²) in [5, 5.41) is 0. The Bertz CT molecular complexity index is 132. The molecule has 5 heteroatoms. The Balaban J connectivity index is 4.08. The smallest absolute Gasteiger partial charge is 0.328 e. The molecule has 0 radical (unpaired) electrons. The fourth-order valence-corrected chi connectivity index (χ4v) is 0.334. The Hall–Kier alpha value is -0.710. The Morgan fingerprint density at radius 3 is 2.20 bits per heavy atom. The van der Waals surface area contributed by atoms with E-state index in [9.17, 15) is 13.6 Å². The molecule has 0 aliphatic heterocycles. The monoisotopic (exact) mass is 153 g/mol. The van der Waals surface area contributed by atoms with Gasteiger partial charge in [-0.2, -0.15) is 0 Å². The summed E-state index contributed by atoms with van der Waals surface area (Å²) in [4.78, 5) is 10.3. The normalized spacial score (nSPS) is 14.5. The third-order valence-electron chi connectivity index (χ3n) is 1.00. The molecule has 0 saturated carbocycles. The lowest BCUT2D eigenvalue weighted by molar-refractivity contribution is -0.150. The van der Waals surface area contributed by atoms with Crippen LogP contribution in [-0.4, -0.2) is 25.0 Å². The van der Waals surface area contributed by atoms with E-state index in [2.05, 4.69) is 4.74 Å². The largest absolute Gasteiger partial charge is 0.468 e. The van der Waals surface area contributed by atoms with Crippen LogP contribution in [0.25, 0.3) is 0 Å². The molecular weight excluding hydrogens is 144 g/mol. The number of esters is 1. The molecule has 1 atom stereocenters. The van der Waals surface area contributed by atoms with Crippen molar-refractivity contribution < 1.29 is 18.3 Å². The summed E-state index contributed by atoms with van der Waals surface area (Å²) >= 11 is 0. The summed E-state index contributed by atoms with van der Waals surface area (Å²) in [5.41, 5.74) is 4.78. The van der Waals surface area contributed by atoms with E-state index in [1.807, 2.05) is 0 Å². The molecule has 0 amide bonds. The van der Waals surface area contributed by atoms with Gasteiger partial charge in [-0.15, -0.1) is 0 Å². The molecule has 0 aromatic carbocycles. The van der Waals surface area contributed by atoms with Crippen LogP contribution in [0.4, 0.5) is 8.78 Å². The maximum atomic E-state index is 12.1. The van der Waals surface area contributed by atoms with Crippen LogP contribution in [0.2, 0.25) is 0 Å². The van der Waals surface area contributed by atoms with Gasteiger partial charge >= 0.3 is 5.97 Å². The number of hydrogen-bond donors (Lipinski definition) is 1. The molecule has 0 aromatic rings. The van der Waals surface area contributed by atoms with Crippen molar-refractivity contribution in [1.29, 1.82) is 0 Å². The van der Waals surface area contributed by atoms with Crippen LogP contribution in [0.15, 0.2) is 0 Å². The Kier molecular flexibility index (Phi) is 2.71. The molecule has 0 saturated heterocycles. The van der Waals surface area contributed by atoms with E-state index in [0.29, 0.717) is 6.92 Å². The third-order valence-corrected chi connectivity index (χ3v) is 1.00. The number of alkyl halides is 2. The highest BCUT2D eigenvalue weighted by molar-refractivity contribution is 5.76. The van der Waals surface area contributed by atoms with Gasteiger partial charge in [-0.05, 0) is 0 Å². The topological polar surface area (TPSA) is 52.3 Å². The SMILES string of the molecule is COC(=O)[C@@H](N)C(C)(F)F. The number of halogens is 2. The van der Waals surface area contributed by atoms with Gasteiger partial charge in [-0.3, -0.25) is 4.79 Å². The zero-order valence-corrected chi connectivity index (χ0v) is 5.73. The van der Waals surface area contributed by atoms with Crippen LogP contribution in [0.1, 0.15) is 6.92 Å². The van der Waals surface area contributed by atoms with Crippen LogP contribution < -0.4 is 5.73 Å². The number of hydrogen-bond acceptors (Lipinski definition) is 3. The van der Waals surface area contributed by atoms with Crippen molar-refractivity contribution in [2.45, 2.75) is 18.9 Å². The number of carbonyl (C=O) groups is 1. The molecule has 0 spiro atoms. The standard InChI is InChI=1S/C5H9F2NO2/c1-5(6,7)3(8)4(9)10-2/h3H,8H2,1-2H3/t3-/m1/s1. The number of carbonyl (C=O) groups excluding carboxylic acids is 1. The lowest BCUT2D eigenvalue weighted by Gasteiger charge is -2.15. The van der Waals surface area contributed by atoms with Crippen LogP contribution in [0, 0.1) is 0 Å². The number of rotatable bonds is 2. The van der Waals surface area contributed by atoms with Gasteiger partial charge in [0.05, 0.1) is 7.11 Å². The van der Waals surface area contributed by atoms with Crippen LogP contribution >= 0.6 is 0 Å².